The van der Waals surface area contributed by atoms with E-state index in [-0.39, 0.29) is 10.6 Å². The lowest BCUT2D eigenvalue weighted by molar-refractivity contribution is -0.140. The van der Waals surface area contributed by atoms with E-state index in [1.165, 1.54) is 6.07 Å². The molecule has 6 heteroatoms. The van der Waals surface area contributed by atoms with Gasteiger partial charge in [0, 0.05) is 11.1 Å². The summed E-state index contributed by atoms with van der Waals surface area (Å²) in [4.78, 5) is 0. The molecule has 0 aliphatic carbocycles. The van der Waals surface area contributed by atoms with E-state index >= 15 is 0 Å². The van der Waals surface area contributed by atoms with Gasteiger partial charge in [0.25, 0.3) is 0 Å². The Labute approximate surface area is 102 Å². The lowest BCUT2D eigenvalue weighted by atomic mass is 10.0. The zero-order chi connectivity index (χ0) is 13.1. The Morgan fingerprint density at radius 1 is 1.35 bits per heavy atom. The molecule has 0 radical (unpaired) electrons. The van der Waals surface area contributed by atoms with E-state index in [0.717, 1.165) is 12.1 Å². The van der Waals surface area contributed by atoms with E-state index in [0.29, 0.717) is 6.54 Å². The maximum absolute atomic E-state index is 13.0. The van der Waals surface area contributed by atoms with Crippen molar-refractivity contribution in [2.24, 2.45) is 0 Å². The molecule has 0 amide bonds. The third-order valence-electron chi connectivity index (χ3n) is 2.22. The van der Waals surface area contributed by atoms with Gasteiger partial charge in [-0.05, 0) is 30.3 Å². The van der Waals surface area contributed by atoms with Crippen LogP contribution in [-0.2, 0) is 0 Å². The topological polar surface area (TPSA) is 12.0 Å². The van der Waals surface area contributed by atoms with Gasteiger partial charge >= 0.3 is 6.18 Å². The summed E-state index contributed by atoms with van der Waals surface area (Å²) in [5.74, 6) is -0.602. The standard InChI is InChI=1S/C11H12ClF4N/c1-2-17-10(6-11(14,15)16)8-5-7(13)3-4-9(8)12/h3-5,10,17H,2,6H2,1H3. The fourth-order valence-electron chi connectivity index (χ4n) is 1.55. The predicted octanol–water partition coefficient (Wildman–Crippen LogP) is 4.08. The molecule has 0 saturated carbocycles. The highest BCUT2D eigenvalue weighted by Gasteiger charge is 2.33. The number of hydrogen-bond donors (Lipinski definition) is 1. The van der Waals surface area contributed by atoms with Crippen LogP contribution in [0.25, 0.3) is 0 Å². The van der Waals surface area contributed by atoms with Crippen LogP contribution >= 0.6 is 11.6 Å². The van der Waals surface area contributed by atoms with Gasteiger partial charge in [-0.1, -0.05) is 18.5 Å². The number of nitrogens with one attached hydrogen (secondary N) is 1. The minimum atomic E-state index is -4.33. The molecule has 0 saturated heterocycles. The van der Waals surface area contributed by atoms with Crippen molar-refractivity contribution in [1.29, 1.82) is 0 Å². The molecule has 0 spiro atoms. The summed E-state index contributed by atoms with van der Waals surface area (Å²) in [6.45, 7) is 2.02. The molecule has 1 unspecified atom stereocenters. The van der Waals surface area contributed by atoms with E-state index in [1.54, 1.807) is 6.92 Å². The Morgan fingerprint density at radius 2 is 2.00 bits per heavy atom. The molecular weight excluding hydrogens is 258 g/mol. The van der Waals surface area contributed by atoms with E-state index < -0.39 is 24.5 Å². The van der Waals surface area contributed by atoms with Crippen molar-refractivity contribution in [3.63, 3.8) is 0 Å². The predicted molar refractivity (Wildman–Crippen MR) is 58.5 cm³/mol. The Balaban J connectivity index is 3.00. The zero-order valence-electron chi connectivity index (χ0n) is 9.11. The molecule has 1 aromatic rings. The highest BCUT2D eigenvalue weighted by molar-refractivity contribution is 6.31. The molecule has 1 atom stereocenters. The van der Waals surface area contributed by atoms with Crippen molar-refractivity contribution in [2.75, 3.05) is 6.54 Å². The Hall–Kier alpha value is -0.810. The number of benzene rings is 1. The van der Waals surface area contributed by atoms with Crippen LogP contribution in [0.5, 0.6) is 0 Å². The second kappa shape index (κ2) is 5.69. The van der Waals surface area contributed by atoms with Crippen molar-refractivity contribution in [3.8, 4) is 0 Å². The van der Waals surface area contributed by atoms with Crippen molar-refractivity contribution in [2.45, 2.75) is 25.6 Å². The Kier molecular flexibility index (Phi) is 4.77. The quantitative estimate of drug-likeness (QED) is 0.812. The molecule has 17 heavy (non-hydrogen) atoms. The van der Waals surface area contributed by atoms with Gasteiger partial charge in [-0.15, -0.1) is 0 Å². The smallest absolute Gasteiger partial charge is 0.310 e. The number of hydrogen-bond acceptors (Lipinski definition) is 1. The maximum Gasteiger partial charge on any atom is 0.390 e. The summed E-state index contributed by atoms with van der Waals surface area (Å²) < 4.78 is 50.1. The fourth-order valence-corrected chi connectivity index (χ4v) is 1.80. The zero-order valence-corrected chi connectivity index (χ0v) is 9.87. The first-order chi connectivity index (χ1) is 7.83. The molecule has 1 rings (SSSR count). The van der Waals surface area contributed by atoms with E-state index in [1.807, 2.05) is 0 Å². The molecule has 96 valence electrons. The maximum atomic E-state index is 13.0. The minimum absolute atomic E-state index is 0.126. The molecule has 0 fully saturated rings. The van der Waals surface area contributed by atoms with Crippen LogP contribution in [0, 0.1) is 5.82 Å². The largest absolute Gasteiger partial charge is 0.390 e. The molecule has 0 heterocycles. The molecular formula is C11H12ClF4N. The molecule has 1 N–H and O–H groups in total. The molecule has 0 aliphatic heterocycles. The second-order valence-electron chi connectivity index (χ2n) is 3.60. The molecule has 0 bridgehead atoms. The lowest BCUT2D eigenvalue weighted by Gasteiger charge is -2.21. The molecule has 1 nitrogen and oxygen atoms in total. The first kappa shape index (κ1) is 14.3. The highest BCUT2D eigenvalue weighted by Crippen LogP contribution is 2.33. The number of halogens is 5. The van der Waals surface area contributed by atoms with Gasteiger partial charge in [0.15, 0.2) is 0 Å². The third kappa shape index (κ3) is 4.52. The number of alkyl halides is 3. The minimum Gasteiger partial charge on any atom is -0.310 e. The van der Waals surface area contributed by atoms with Crippen LogP contribution in [0.1, 0.15) is 24.9 Å². The van der Waals surface area contributed by atoms with Crippen molar-refractivity contribution >= 4 is 11.6 Å². The molecule has 0 aliphatic rings. The average molecular weight is 270 g/mol. The van der Waals surface area contributed by atoms with Gasteiger partial charge in [-0.3, -0.25) is 0 Å². The highest BCUT2D eigenvalue weighted by atomic mass is 35.5. The van der Waals surface area contributed by atoms with Gasteiger partial charge in [0.2, 0.25) is 0 Å². The second-order valence-corrected chi connectivity index (χ2v) is 4.00. The van der Waals surface area contributed by atoms with Crippen LogP contribution in [0.2, 0.25) is 5.02 Å². The van der Waals surface area contributed by atoms with Crippen LogP contribution in [0.4, 0.5) is 17.6 Å². The van der Waals surface area contributed by atoms with E-state index in [9.17, 15) is 17.6 Å². The summed E-state index contributed by atoms with van der Waals surface area (Å²) in [6.07, 6.45) is -5.41. The fraction of sp³-hybridized carbons (Fsp3) is 0.455. The SMILES string of the molecule is CCNC(CC(F)(F)F)c1cc(F)ccc1Cl. The first-order valence-electron chi connectivity index (χ1n) is 5.08. The molecule has 0 aromatic heterocycles. The van der Waals surface area contributed by atoms with Crippen LogP contribution in [0.15, 0.2) is 18.2 Å². The van der Waals surface area contributed by atoms with E-state index in [2.05, 4.69) is 5.32 Å². The van der Waals surface area contributed by atoms with Crippen molar-refractivity contribution in [3.05, 3.63) is 34.6 Å². The van der Waals surface area contributed by atoms with Crippen LogP contribution < -0.4 is 5.32 Å². The average Bonchev–Trinajstić information content (AvgIpc) is 2.19. The van der Waals surface area contributed by atoms with Gasteiger partial charge in [0.05, 0.1) is 6.42 Å². The molecule has 1 aromatic carbocycles. The lowest BCUT2D eigenvalue weighted by Crippen LogP contribution is -2.26. The number of rotatable bonds is 4. The van der Waals surface area contributed by atoms with Crippen molar-refractivity contribution < 1.29 is 17.6 Å². The Bertz CT molecular complexity index is 378. The Morgan fingerprint density at radius 3 is 2.53 bits per heavy atom. The third-order valence-corrected chi connectivity index (χ3v) is 2.56. The summed E-state index contributed by atoms with van der Waals surface area (Å²) in [5.41, 5.74) is 0.130. The summed E-state index contributed by atoms with van der Waals surface area (Å²) in [7, 11) is 0. The van der Waals surface area contributed by atoms with Gasteiger partial charge in [-0.25, -0.2) is 4.39 Å². The van der Waals surface area contributed by atoms with Gasteiger partial charge in [0.1, 0.15) is 5.82 Å². The first-order valence-corrected chi connectivity index (χ1v) is 5.46. The monoisotopic (exact) mass is 269 g/mol. The van der Waals surface area contributed by atoms with Crippen LogP contribution in [0.3, 0.4) is 0 Å². The van der Waals surface area contributed by atoms with Gasteiger partial charge in [-0.2, -0.15) is 13.2 Å². The van der Waals surface area contributed by atoms with Crippen molar-refractivity contribution in [1.82, 2.24) is 5.32 Å². The summed E-state index contributed by atoms with van der Waals surface area (Å²) in [6, 6.07) is 2.37. The van der Waals surface area contributed by atoms with Crippen LogP contribution in [-0.4, -0.2) is 12.7 Å². The normalized spacial score (nSPS) is 13.8. The van der Waals surface area contributed by atoms with Gasteiger partial charge < -0.3 is 5.32 Å². The summed E-state index contributed by atoms with van der Waals surface area (Å²) in [5, 5.41) is 2.78. The summed E-state index contributed by atoms with van der Waals surface area (Å²) >= 11 is 5.78. The van der Waals surface area contributed by atoms with E-state index in [4.69, 9.17) is 11.6 Å².